The minimum absolute atomic E-state index is 0.152. The number of hydrogen-bond acceptors (Lipinski definition) is 7. The number of carbonyl (C=O) groups excluding carboxylic acids is 1. The Bertz CT molecular complexity index is 542. The number of hydrogen-bond donors (Lipinski definition) is 3. The van der Waals surface area contributed by atoms with Gasteiger partial charge in [-0.05, 0) is 28.1 Å². The van der Waals surface area contributed by atoms with Crippen LogP contribution in [-0.4, -0.2) is 26.1 Å². The molecule has 0 atom stereocenters. The van der Waals surface area contributed by atoms with Gasteiger partial charge in [0.1, 0.15) is 4.60 Å². The molecule has 92 valence electrons. The van der Waals surface area contributed by atoms with Crippen molar-refractivity contribution in [1.29, 1.82) is 0 Å². The maximum atomic E-state index is 11.8. The molecule has 8 nitrogen and oxygen atoms in total. The lowest BCUT2D eigenvalue weighted by Gasteiger charge is -2.03. The highest BCUT2D eigenvalue weighted by molar-refractivity contribution is 9.10. The maximum absolute atomic E-state index is 11.8. The first-order valence-electron chi connectivity index (χ1n) is 4.78. The lowest BCUT2D eigenvalue weighted by Crippen LogP contribution is -2.16. The van der Waals surface area contributed by atoms with Crippen molar-refractivity contribution in [3.8, 4) is 0 Å². The van der Waals surface area contributed by atoms with Gasteiger partial charge in [-0.2, -0.15) is 0 Å². The molecule has 2 rings (SSSR count). The van der Waals surface area contributed by atoms with Crippen molar-refractivity contribution in [3.05, 3.63) is 34.8 Å². The molecule has 0 spiro atoms. The summed E-state index contributed by atoms with van der Waals surface area (Å²) in [6, 6.07) is 3.03. The fraction of sp³-hybridized carbons (Fsp3) is 0. The van der Waals surface area contributed by atoms with Crippen LogP contribution in [0.15, 0.2) is 29.1 Å². The Morgan fingerprint density at radius 3 is 2.56 bits per heavy atom. The van der Waals surface area contributed by atoms with Crippen molar-refractivity contribution in [2.45, 2.75) is 0 Å². The third kappa shape index (κ3) is 2.96. The topological polar surface area (TPSA) is 119 Å². The highest BCUT2D eigenvalue weighted by Crippen LogP contribution is 2.08. The standard InChI is InChI=1S/C9H8BrN7O/c10-6-3-13-8(4-12-6)14-9(18)5-1-2-7(15-11)17-16-5/h1-4H,11H2,(H,15,17)(H,13,14,18). The van der Waals surface area contributed by atoms with E-state index in [4.69, 9.17) is 5.84 Å². The zero-order valence-corrected chi connectivity index (χ0v) is 10.5. The van der Waals surface area contributed by atoms with Gasteiger partial charge in [0, 0.05) is 0 Å². The Labute approximate surface area is 110 Å². The van der Waals surface area contributed by atoms with E-state index in [9.17, 15) is 4.79 Å². The molecule has 1 amide bonds. The van der Waals surface area contributed by atoms with Crippen LogP contribution in [0.1, 0.15) is 10.5 Å². The molecule has 0 aliphatic heterocycles. The lowest BCUT2D eigenvalue weighted by atomic mass is 10.3. The van der Waals surface area contributed by atoms with Crippen LogP contribution in [0.2, 0.25) is 0 Å². The molecule has 0 fully saturated rings. The smallest absolute Gasteiger partial charge is 0.277 e. The average Bonchev–Trinajstić information content (AvgIpc) is 2.41. The van der Waals surface area contributed by atoms with Gasteiger partial charge in [0.2, 0.25) is 0 Å². The van der Waals surface area contributed by atoms with E-state index in [0.717, 1.165) is 0 Å². The second-order valence-electron chi connectivity index (χ2n) is 3.13. The summed E-state index contributed by atoms with van der Waals surface area (Å²) in [4.78, 5) is 19.6. The average molecular weight is 310 g/mol. The molecule has 0 radical (unpaired) electrons. The molecule has 4 N–H and O–H groups in total. The van der Waals surface area contributed by atoms with Gasteiger partial charge in [-0.1, -0.05) is 0 Å². The van der Waals surface area contributed by atoms with E-state index in [1.54, 1.807) is 0 Å². The van der Waals surface area contributed by atoms with Crippen LogP contribution in [0.25, 0.3) is 0 Å². The minimum Gasteiger partial charge on any atom is -0.307 e. The first-order chi connectivity index (χ1) is 8.69. The molecule has 2 heterocycles. The molecule has 0 aliphatic carbocycles. The number of anilines is 2. The fourth-order valence-electron chi connectivity index (χ4n) is 1.09. The summed E-state index contributed by atoms with van der Waals surface area (Å²) < 4.78 is 0.582. The van der Waals surface area contributed by atoms with Crippen LogP contribution in [0, 0.1) is 0 Å². The van der Waals surface area contributed by atoms with E-state index >= 15 is 0 Å². The van der Waals surface area contributed by atoms with Gasteiger partial charge in [0.15, 0.2) is 17.3 Å². The summed E-state index contributed by atoms with van der Waals surface area (Å²) in [5, 5.41) is 9.92. The van der Waals surface area contributed by atoms with E-state index in [1.165, 1.54) is 24.5 Å². The number of amides is 1. The number of nitrogens with two attached hydrogens (primary N) is 1. The number of halogens is 1. The third-order valence-corrected chi connectivity index (χ3v) is 2.32. The molecule has 18 heavy (non-hydrogen) atoms. The predicted octanol–water partition coefficient (Wildman–Crippen LogP) is 0.567. The summed E-state index contributed by atoms with van der Waals surface area (Å²) in [6.07, 6.45) is 2.90. The van der Waals surface area contributed by atoms with Gasteiger partial charge in [-0.25, -0.2) is 15.8 Å². The first-order valence-corrected chi connectivity index (χ1v) is 5.57. The van der Waals surface area contributed by atoms with Crippen molar-refractivity contribution < 1.29 is 4.79 Å². The molecule has 0 saturated heterocycles. The van der Waals surface area contributed by atoms with Gasteiger partial charge in [0.25, 0.3) is 5.91 Å². The Balaban J connectivity index is 2.09. The summed E-state index contributed by atoms with van der Waals surface area (Å²) in [5.41, 5.74) is 2.47. The monoisotopic (exact) mass is 309 g/mol. The van der Waals surface area contributed by atoms with Crippen LogP contribution in [0.3, 0.4) is 0 Å². The molecule has 2 aromatic heterocycles. The molecular formula is C9H8BrN7O. The number of nitrogens with one attached hydrogen (secondary N) is 2. The third-order valence-electron chi connectivity index (χ3n) is 1.91. The van der Waals surface area contributed by atoms with Crippen LogP contribution < -0.4 is 16.6 Å². The van der Waals surface area contributed by atoms with Crippen LogP contribution in [-0.2, 0) is 0 Å². The van der Waals surface area contributed by atoms with Crippen molar-refractivity contribution in [1.82, 2.24) is 20.2 Å². The number of aromatic nitrogens is 4. The van der Waals surface area contributed by atoms with E-state index < -0.39 is 5.91 Å². The zero-order chi connectivity index (χ0) is 13.0. The normalized spacial score (nSPS) is 9.89. The summed E-state index contributed by atoms with van der Waals surface area (Å²) in [6.45, 7) is 0. The molecular weight excluding hydrogens is 302 g/mol. The molecule has 0 aromatic carbocycles. The molecule has 0 unspecified atom stereocenters. The molecule has 9 heteroatoms. The highest BCUT2D eigenvalue weighted by atomic mass is 79.9. The number of nitrogens with zero attached hydrogens (tertiary/aromatic N) is 4. The summed E-state index contributed by atoms with van der Waals surface area (Å²) in [7, 11) is 0. The Kier molecular flexibility index (Phi) is 3.75. The molecule has 0 saturated carbocycles. The number of hydrazine groups is 1. The van der Waals surface area contributed by atoms with Crippen LogP contribution in [0.4, 0.5) is 11.6 Å². The van der Waals surface area contributed by atoms with Gasteiger partial charge in [-0.3, -0.25) is 4.79 Å². The number of carbonyl (C=O) groups is 1. The van der Waals surface area contributed by atoms with Crippen molar-refractivity contribution in [3.63, 3.8) is 0 Å². The van der Waals surface area contributed by atoms with Crippen molar-refractivity contribution in [2.75, 3.05) is 10.7 Å². The summed E-state index contributed by atoms with van der Waals surface area (Å²) in [5.74, 6) is 5.41. The molecule has 2 aromatic rings. The van der Waals surface area contributed by atoms with Gasteiger partial charge in [0.05, 0.1) is 12.4 Å². The Morgan fingerprint density at radius 1 is 1.17 bits per heavy atom. The Morgan fingerprint density at radius 2 is 2.00 bits per heavy atom. The SMILES string of the molecule is NNc1ccc(C(=O)Nc2cnc(Br)cn2)nn1. The van der Waals surface area contributed by atoms with Gasteiger partial charge in [-0.15, -0.1) is 10.2 Å². The molecule has 0 aliphatic rings. The predicted molar refractivity (Wildman–Crippen MR) is 67.5 cm³/mol. The minimum atomic E-state index is -0.428. The zero-order valence-electron chi connectivity index (χ0n) is 8.96. The maximum Gasteiger partial charge on any atom is 0.277 e. The number of nitrogen functional groups attached to an aromatic ring is 1. The highest BCUT2D eigenvalue weighted by Gasteiger charge is 2.09. The Hall–Kier alpha value is -2.13. The largest absolute Gasteiger partial charge is 0.307 e. The second-order valence-corrected chi connectivity index (χ2v) is 3.94. The van der Waals surface area contributed by atoms with E-state index in [2.05, 4.69) is 46.8 Å². The quantitative estimate of drug-likeness (QED) is 0.560. The lowest BCUT2D eigenvalue weighted by molar-refractivity contribution is 0.102. The van der Waals surface area contributed by atoms with Crippen molar-refractivity contribution >= 4 is 33.5 Å². The second kappa shape index (κ2) is 5.47. The van der Waals surface area contributed by atoms with Gasteiger partial charge < -0.3 is 10.7 Å². The van der Waals surface area contributed by atoms with E-state index in [1.807, 2.05) is 0 Å². The van der Waals surface area contributed by atoms with Crippen LogP contribution >= 0.6 is 15.9 Å². The molecule has 0 bridgehead atoms. The van der Waals surface area contributed by atoms with Crippen molar-refractivity contribution in [2.24, 2.45) is 5.84 Å². The fourth-order valence-corrected chi connectivity index (χ4v) is 1.29. The van der Waals surface area contributed by atoms with E-state index in [-0.39, 0.29) is 5.69 Å². The first kappa shape index (κ1) is 12.3. The van der Waals surface area contributed by atoms with Crippen LogP contribution in [0.5, 0.6) is 0 Å². The van der Waals surface area contributed by atoms with E-state index in [0.29, 0.717) is 16.2 Å². The summed E-state index contributed by atoms with van der Waals surface area (Å²) >= 11 is 3.15. The van der Waals surface area contributed by atoms with Gasteiger partial charge >= 0.3 is 0 Å². The number of rotatable bonds is 3.